The summed E-state index contributed by atoms with van der Waals surface area (Å²) >= 11 is 0. The highest BCUT2D eigenvalue weighted by atomic mass is 19.4. The Bertz CT molecular complexity index is 445. The zero-order valence-electron chi connectivity index (χ0n) is 9.82. The van der Waals surface area contributed by atoms with Crippen molar-refractivity contribution >= 4 is 0 Å². The topological polar surface area (TPSA) is 9.23 Å². The molecule has 0 saturated carbocycles. The minimum Gasteiger partial charge on any atom is -0.472 e. The highest BCUT2D eigenvalue weighted by molar-refractivity contribution is 5.17. The summed E-state index contributed by atoms with van der Waals surface area (Å²) in [4.78, 5) is 0. The molecule has 0 aromatic rings. The lowest BCUT2D eigenvalue weighted by Gasteiger charge is -2.36. The predicted octanol–water partition coefficient (Wildman–Crippen LogP) is 4.84. The van der Waals surface area contributed by atoms with Gasteiger partial charge in [0.15, 0.2) is 0 Å². The maximum Gasteiger partial charge on any atom is 0.460 e. The van der Waals surface area contributed by atoms with E-state index in [0.29, 0.717) is 0 Å². The van der Waals surface area contributed by atoms with E-state index in [9.17, 15) is 57.1 Å². The average Bonchev–Trinajstić information content (AvgIpc) is 2.34. The fourth-order valence-electron chi connectivity index (χ4n) is 0.923. The van der Waals surface area contributed by atoms with Crippen LogP contribution in [-0.2, 0) is 4.74 Å². The van der Waals surface area contributed by atoms with Crippen LogP contribution in [0.15, 0.2) is 11.8 Å². The van der Waals surface area contributed by atoms with Crippen LogP contribution in [0.4, 0.5) is 57.1 Å². The second-order valence-corrected chi connectivity index (χ2v) is 3.59. The van der Waals surface area contributed by atoms with Crippen LogP contribution >= 0.6 is 0 Å². The second-order valence-electron chi connectivity index (χ2n) is 3.59. The van der Waals surface area contributed by atoms with Gasteiger partial charge < -0.3 is 4.74 Å². The molecule has 0 aromatic heterocycles. The van der Waals surface area contributed by atoms with Crippen LogP contribution in [0.5, 0.6) is 0 Å². The van der Waals surface area contributed by atoms with Crippen molar-refractivity contribution in [2.24, 2.45) is 0 Å². The molecule has 0 atom stereocenters. The Labute approximate surface area is 112 Å². The van der Waals surface area contributed by atoms with Gasteiger partial charge in [0.25, 0.3) is 0 Å². The molecular weight excluding hydrogens is 359 g/mol. The van der Waals surface area contributed by atoms with Crippen molar-refractivity contribution in [3.8, 4) is 0 Å². The van der Waals surface area contributed by atoms with Crippen LogP contribution < -0.4 is 0 Å². The minimum atomic E-state index is -7.81. The highest BCUT2D eigenvalue weighted by Gasteiger charge is 2.88. The second kappa shape index (κ2) is 5.37. The molecule has 0 fully saturated rings. The zero-order chi connectivity index (χ0) is 18.4. The average molecular weight is 362 g/mol. The van der Waals surface area contributed by atoms with Crippen molar-refractivity contribution in [1.29, 1.82) is 0 Å². The monoisotopic (exact) mass is 362 g/mol. The molecule has 0 radical (unpaired) electrons. The number of methoxy groups -OCH3 is 1. The normalized spacial score (nSPS) is 16.5. The molecule has 0 aliphatic rings. The first-order chi connectivity index (χ1) is 9.39. The molecule has 14 heteroatoms. The van der Waals surface area contributed by atoms with Crippen LogP contribution in [0.1, 0.15) is 0 Å². The van der Waals surface area contributed by atoms with Gasteiger partial charge in [-0.1, -0.05) is 0 Å². The van der Waals surface area contributed by atoms with Crippen LogP contribution in [-0.4, -0.2) is 37.0 Å². The number of rotatable bonds is 5. The molecule has 0 bridgehead atoms. The van der Waals surface area contributed by atoms with Gasteiger partial charge in [-0.3, -0.25) is 0 Å². The molecule has 0 unspecified atom stereocenters. The molecule has 0 amide bonds. The molecule has 0 aromatic carbocycles. The summed E-state index contributed by atoms with van der Waals surface area (Å²) in [7, 11) is 0.0611. The third-order valence-electron chi connectivity index (χ3n) is 2.17. The van der Waals surface area contributed by atoms with E-state index in [1.807, 2.05) is 0 Å². The van der Waals surface area contributed by atoms with Crippen molar-refractivity contribution in [2.75, 3.05) is 7.11 Å². The minimum absolute atomic E-state index is 0.0611. The molecule has 132 valence electrons. The molecular formula is C8H3F13O. The van der Waals surface area contributed by atoms with E-state index >= 15 is 0 Å². The van der Waals surface area contributed by atoms with Crippen molar-refractivity contribution in [3.05, 3.63) is 11.8 Å². The Hall–Kier alpha value is -1.37. The summed E-state index contributed by atoms with van der Waals surface area (Å²) in [5.74, 6) is -34.3. The van der Waals surface area contributed by atoms with Gasteiger partial charge in [0.2, 0.25) is 5.83 Å². The summed E-state index contributed by atoms with van der Waals surface area (Å²) in [6.45, 7) is 0. The lowest BCUT2D eigenvalue weighted by Crippen LogP contribution is -2.66. The Morgan fingerprint density at radius 2 is 1.00 bits per heavy atom. The molecule has 1 nitrogen and oxygen atoms in total. The fraction of sp³-hybridized carbons (Fsp3) is 0.750. The standard InChI is InChI=1S/C8H3F13O/c1-22-3(10)2(9)4(11,12)5(13,14)6(15,16)7(17,18)8(19,20)21/h1H3. The van der Waals surface area contributed by atoms with Crippen molar-refractivity contribution in [2.45, 2.75) is 29.9 Å². The van der Waals surface area contributed by atoms with Crippen molar-refractivity contribution in [3.63, 3.8) is 0 Å². The van der Waals surface area contributed by atoms with Gasteiger partial charge in [-0.2, -0.15) is 57.1 Å². The SMILES string of the molecule is COC(F)=C(F)C(F)(F)C(F)(F)C(F)(F)C(F)(F)C(F)(F)F. The molecule has 22 heavy (non-hydrogen) atoms. The van der Waals surface area contributed by atoms with Gasteiger partial charge in [-0.05, 0) is 0 Å². The van der Waals surface area contributed by atoms with Crippen LogP contribution in [0.2, 0.25) is 0 Å². The Kier molecular flexibility index (Phi) is 5.03. The molecule has 0 aliphatic carbocycles. The number of hydrogen-bond donors (Lipinski definition) is 0. The first-order valence-corrected chi connectivity index (χ1v) is 4.57. The summed E-state index contributed by atoms with van der Waals surface area (Å²) < 4.78 is 164. The maximum absolute atomic E-state index is 12.8. The molecule has 0 saturated heterocycles. The lowest BCUT2D eigenvalue weighted by atomic mass is 9.97. The number of alkyl halides is 11. The third-order valence-corrected chi connectivity index (χ3v) is 2.17. The first-order valence-electron chi connectivity index (χ1n) is 4.57. The number of hydrogen-bond acceptors (Lipinski definition) is 1. The smallest absolute Gasteiger partial charge is 0.460 e. The highest BCUT2D eigenvalue weighted by Crippen LogP contribution is 2.59. The summed E-state index contributed by atoms with van der Waals surface area (Å²) in [5, 5.41) is 0. The summed E-state index contributed by atoms with van der Waals surface area (Å²) in [6.07, 6.45) is -7.38. The van der Waals surface area contributed by atoms with Gasteiger partial charge >= 0.3 is 35.9 Å². The number of halogens is 13. The molecule has 0 spiro atoms. The first kappa shape index (κ1) is 20.6. The quantitative estimate of drug-likeness (QED) is 0.502. The van der Waals surface area contributed by atoms with Gasteiger partial charge in [0.05, 0.1) is 7.11 Å². The van der Waals surface area contributed by atoms with E-state index in [-0.39, 0.29) is 7.11 Å². The van der Waals surface area contributed by atoms with E-state index in [1.165, 1.54) is 0 Å². The lowest BCUT2D eigenvalue weighted by molar-refractivity contribution is -0.419. The van der Waals surface area contributed by atoms with Gasteiger partial charge in [0.1, 0.15) is 0 Å². The van der Waals surface area contributed by atoms with Crippen molar-refractivity contribution < 1.29 is 61.8 Å². The van der Waals surface area contributed by atoms with Crippen LogP contribution in [0, 0.1) is 0 Å². The van der Waals surface area contributed by atoms with E-state index in [0.717, 1.165) is 0 Å². The number of allylic oxidation sites excluding steroid dienone is 1. The Balaban J connectivity index is 6.24. The van der Waals surface area contributed by atoms with Crippen LogP contribution in [0.25, 0.3) is 0 Å². The molecule has 0 rings (SSSR count). The summed E-state index contributed by atoms with van der Waals surface area (Å²) in [5.41, 5.74) is 0. The van der Waals surface area contributed by atoms with E-state index in [1.54, 1.807) is 0 Å². The van der Waals surface area contributed by atoms with Gasteiger partial charge in [-0.15, -0.1) is 0 Å². The fourth-order valence-corrected chi connectivity index (χ4v) is 0.923. The summed E-state index contributed by atoms with van der Waals surface area (Å²) in [6, 6.07) is -3.21. The molecule has 0 heterocycles. The molecule has 0 aliphatic heterocycles. The number of ether oxygens (including phenoxy) is 1. The van der Waals surface area contributed by atoms with Gasteiger partial charge in [0, 0.05) is 0 Å². The third kappa shape index (κ3) is 2.66. The van der Waals surface area contributed by atoms with E-state index in [4.69, 9.17) is 0 Å². The van der Waals surface area contributed by atoms with E-state index in [2.05, 4.69) is 4.74 Å². The van der Waals surface area contributed by atoms with Gasteiger partial charge in [-0.25, -0.2) is 0 Å². The molecule has 0 N–H and O–H groups in total. The Morgan fingerprint density at radius 3 is 1.27 bits per heavy atom. The maximum atomic E-state index is 12.8. The van der Waals surface area contributed by atoms with Crippen molar-refractivity contribution in [1.82, 2.24) is 0 Å². The van der Waals surface area contributed by atoms with Crippen LogP contribution in [0.3, 0.4) is 0 Å². The Morgan fingerprint density at radius 1 is 0.636 bits per heavy atom. The van der Waals surface area contributed by atoms with E-state index < -0.39 is 41.7 Å². The largest absolute Gasteiger partial charge is 0.472 e. The zero-order valence-corrected chi connectivity index (χ0v) is 9.82. The predicted molar refractivity (Wildman–Crippen MR) is 42.1 cm³/mol.